The Morgan fingerprint density at radius 3 is 2.32 bits per heavy atom. The Morgan fingerprint density at radius 2 is 1.61 bits per heavy atom. The molecule has 31 heavy (non-hydrogen) atoms. The highest BCUT2D eigenvalue weighted by Crippen LogP contribution is 2.22. The summed E-state index contributed by atoms with van der Waals surface area (Å²) in [5.74, 6) is 0. The van der Waals surface area contributed by atoms with Crippen LogP contribution in [-0.2, 0) is 16.6 Å². The molecule has 7 heteroatoms. The van der Waals surface area contributed by atoms with Crippen LogP contribution in [0, 0.1) is 6.92 Å². The molecule has 1 aliphatic heterocycles. The Bertz CT molecular complexity index is 1180. The molecule has 1 saturated heterocycles. The van der Waals surface area contributed by atoms with E-state index in [4.69, 9.17) is 0 Å². The zero-order valence-corrected chi connectivity index (χ0v) is 19.5. The fraction of sp³-hybridized carbons (Fsp3) is 0.292. The molecule has 0 spiro atoms. The van der Waals surface area contributed by atoms with Gasteiger partial charge in [-0.1, -0.05) is 71.9 Å². The van der Waals surface area contributed by atoms with Gasteiger partial charge in [0.05, 0.1) is 4.90 Å². The maximum absolute atomic E-state index is 12.7. The second kappa shape index (κ2) is 9.42. The molecule has 1 aliphatic rings. The molecule has 0 aromatic heterocycles. The van der Waals surface area contributed by atoms with Gasteiger partial charge in [-0.25, -0.2) is 0 Å². The monoisotopic (exact) mass is 453 g/mol. The third kappa shape index (κ3) is 5.11. The Morgan fingerprint density at radius 1 is 0.935 bits per heavy atom. The molecular formula is C24H27N3O2S2. The fourth-order valence-corrected chi connectivity index (χ4v) is 5.80. The number of hydrogen-bond donors (Lipinski definition) is 0. The van der Waals surface area contributed by atoms with Gasteiger partial charge in [0, 0.05) is 32.7 Å². The largest absolute Gasteiger partial charge is 0.348 e. The number of benzene rings is 3. The summed E-state index contributed by atoms with van der Waals surface area (Å²) < 4.78 is 29.7. The number of sulfonamides is 1. The summed E-state index contributed by atoms with van der Waals surface area (Å²) in [6.45, 7) is 6.08. The van der Waals surface area contributed by atoms with Crippen LogP contribution in [0.1, 0.15) is 11.1 Å². The quantitative estimate of drug-likeness (QED) is 0.434. The van der Waals surface area contributed by atoms with Crippen molar-refractivity contribution in [3.8, 4) is 0 Å². The van der Waals surface area contributed by atoms with E-state index in [-0.39, 0.29) is 4.90 Å². The van der Waals surface area contributed by atoms with E-state index in [1.165, 1.54) is 28.1 Å². The van der Waals surface area contributed by atoms with Crippen molar-refractivity contribution in [3.05, 3.63) is 77.9 Å². The van der Waals surface area contributed by atoms with Crippen molar-refractivity contribution in [2.75, 3.05) is 32.4 Å². The van der Waals surface area contributed by atoms with E-state index in [0.717, 1.165) is 38.3 Å². The van der Waals surface area contributed by atoms with Crippen molar-refractivity contribution in [3.63, 3.8) is 0 Å². The predicted octanol–water partition coefficient (Wildman–Crippen LogP) is 4.37. The first-order chi connectivity index (χ1) is 15.0. The molecule has 1 fully saturated rings. The van der Waals surface area contributed by atoms with E-state index < -0.39 is 10.0 Å². The minimum atomic E-state index is -3.71. The number of aryl methyl sites for hydroxylation is 1. The summed E-state index contributed by atoms with van der Waals surface area (Å²) in [6.07, 6.45) is 1.88. The molecule has 0 radical (unpaired) electrons. The van der Waals surface area contributed by atoms with Crippen molar-refractivity contribution >= 4 is 37.7 Å². The van der Waals surface area contributed by atoms with Gasteiger partial charge >= 0.3 is 0 Å². The van der Waals surface area contributed by atoms with Crippen LogP contribution in [0.15, 0.2) is 76.0 Å². The maximum Gasteiger partial charge on any atom is 0.284 e. The van der Waals surface area contributed by atoms with Crippen molar-refractivity contribution in [1.82, 2.24) is 9.80 Å². The zero-order valence-electron chi connectivity index (χ0n) is 17.9. The highest BCUT2D eigenvalue weighted by atomic mass is 32.2. The molecule has 0 unspecified atom stereocenters. The van der Waals surface area contributed by atoms with Crippen LogP contribution in [0.5, 0.6) is 0 Å². The molecule has 0 saturated carbocycles. The SMILES string of the molecule is CS/C(=N\S(=O)(=O)c1ccc(C)cc1)N1CCN(Cc2cccc3ccccc23)CC1. The number of fused-ring (bicyclic) bond motifs is 1. The van der Waals surface area contributed by atoms with Crippen molar-refractivity contribution < 1.29 is 8.42 Å². The lowest BCUT2D eigenvalue weighted by Crippen LogP contribution is -2.47. The molecular weight excluding hydrogens is 426 g/mol. The van der Waals surface area contributed by atoms with E-state index in [2.05, 4.69) is 56.7 Å². The third-order valence-corrected chi connectivity index (χ3v) is 7.73. The molecule has 3 aromatic carbocycles. The first-order valence-electron chi connectivity index (χ1n) is 10.4. The number of piperazine rings is 1. The molecule has 5 nitrogen and oxygen atoms in total. The van der Waals surface area contributed by atoms with Gasteiger partial charge in [0.1, 0.15) is 0 Å². The van der Waals surface area contributed by atoms with Gasteiger partial charge in [-0.2, -0.15) is 8.42 Å². The van der Waals surface area contributed by atoms with Crippen LogP contribution in [0.2, 0.25) is 0 Å². The van der Waals surface area contributed by atoms with Crippen LogP contribution in [-0.4, -0.2) is 55.8 Å². The average molecular weight is 454 g/mol. The summed E-state index contributed by atoms with van der Waals surface area (Å²) in [5, 5.41) is 3.12. The Kier molecular flexibility index (Phi) is 6.65. The van der Waals surface area contributed by atoms with Crippen molar-refractivity contribution in [2.45, 2.75) is 18.4 Å². The maximum atomic E-state index is 12.7. The molecule has 3 aromatic rings. The Labute approximate surface area is 188 Å². The highest BCUT2D eigenvalue weighted by molar-refractivity contribution is 8.13. The van der Waals surface area contributed by atoms with Gasteiger partial charge in [-0.05, 0) is 41.6 Å². The molecule has 4 rings (SSSR count). The summed E-state index contributed by atoms with van der Waals surface area (Å²) in [6, 6.07) is 21.8. The van der Waals surface area contributed by atoms with Crippen molar-refractivity contribution in [2.24, 2.45) is 4.40 Å². The Balaban J connectivity index is 1.44. The lowest BCUT2D eigenvalue weighted by atomic mass is 10.0. The lowest BCUT2D eigenvalue weighted by molar-refractivity contribution is 0.178. The Hall–Kier alpha value is -2.35. The summed E-state index contributed by atoms with van der Waals surface area (Å²) in [4.78, 5) is 4.74. The predicted molar refractivity (Wildman–Crippen MR) is 130 cm³/mol. The standard InChI is InChI=1S/C24H27N3O2S2/c1-19-10-12-22(13-11-19)31(28,29)25-24(30-2)27-16-14-26(15-17-27)18-21-8-5-7-20-6-3-4-9-23(20)21/h3-13H,14-18H2,1-2H3/b25-24-. The minimum absolute atomic E-state index is 0.235. The first-order valence-corrected chi connectivity index (χ1v) is 13.0. The molecule has 0 bridgehead atoms. The van der Waals surface area contributed by atoms with Gasteiger partial charge < -0.3 is 4.90 Å². The second-order valence-electron chi connectivity index (χ2n) is 7.77. The summed E-state index contributed by atoms with van der Waals surface area (Å²) >= 11 is 1.39. The number of amidine groups is 1. The molecule has 0 N–H and O–H groups in total. The minimum Gasteiger partial charge on any atom is -0.348 e. The van der Waals surface area contributed by atoms with Gasteiger partial charge in [-0.15, -0.1) is 4.40 Å². The van der Waals surface area contributed by atoms with Gasteiger partial charge in [-0.3, -0.25) is 4.90 Å². The topological polar surface area (TPSA) is 53.0 Å². The van der Waals surface area contributed by atoms with Crippen LogP contribution in [0.3, 0.4) is 0 Å². The van der Waals surface area contributed by atoms with E-state index in [0.29, 0.717) is 5.17 Å². The zero-order chi connectivity index (χ0) is 21.8. The summed E-state index contributed by atoms with van der Waals surface area (Å²) in [5.41, 5.74) is 2.35. The fourth-order valence-electron chi connectivity index (χ4n) is 3.86. The summed E-state index contributed by atoms with van der Waals surface area (Å²) in [7, 11) is -3.71. The lowest BCUT2D eigenvalue weighted by Gasteiger charge is -2.36. The molecule has 0 aliphatic carbocycles. The van der Waals surface area contributed by atoms with Gasteiger partial charge in [0.2, 0.25) is 0 Å². The molecule has 1 heterocycles. The van der Waals surface area contributed by atoms with Crippen LogP contribution in [0.4, 0.5) is 0 Å². The van der Waals surface area contributed by atoms with E-state index >= 15 is 0 Å². The molecule has 0 amide bonds. The normalized spacial score (nSPS) is 16.1. The van der Waals surface area contributed by atoms with E-state index in [1.54, 1.807) is 24.3 Å². The second-order valence-corrected chi connectivity index (χ2v) is 10.1. The average Bonchev–Trinajstić information content (AvgIpc) is 2.79. The van der Waals surface area contributed by atoms with Crippen molar-refractivity contribution in [1.29, 1.82) is 0 Å². The first kappa shape index (κ1) is 21.9. The van der Waals surface area contributed by atoms with E-state index in [9.17, 15) is 8.42 Å². The van der Waals surface area contributed by atoms with Gasteiger partial charge in [0.25, 0.3) is 10.0 Å². The van der Waals surface area contributed by atoms with Gasteiger partial charge in [0.15, 0.2) is 5.17 Å². The number of nitrogens with zero attached hydrogens (tertiary/aromatic N) is 3. The third-order valence-electron chi connectivity index (χ3n) is 5.62. The molecule has 0 atom stereocenters. The number of hydrogen-bond acceptors (Lipinski definition) is 4. The van der Waals surface area contributed by atoms with Crippen LogP contribution < -0.4 is 0 Å². The number of thioether (sulfide) groups is 1. The van der Waals surface area contributed by atoms with Crippen LogP contribution in [0.25, 0.3) is 10.8 Å². The number of rotatable bonds is 4. The van der Waals surface area contributed by atoms with Crippen LogP contribution >= 0.6 is 11.8 Å². The van der Waals surface area contributed by atoms with E-state index in [1.807, 2.05) is 13.2 Å². The molecule has 162 valence electrons. The smallest absolute Gasteiger partial charge is 0.284 e. The highest BCUT2D eigenvalue weighted by Gasteiger charge is 2.23.